The normalized spacial score (nSPS) is 13.9. The average molecular weight is 412 g/mol. The summed E-state index contributed by atoms with van der Waals surface area (Å²) in [4.78, 5) is 8.84. The van der Waals surface area contributed by atoms with Crippen LogP contribution in [0.5, 0.6) is 0 Å². The van der Waals surface area contributed by atoms with E-state index in [4.69, 9.17) is 5.73 Å². The van der Waals surface area contributed by atoms with Crippen molar-refractivity contribution in [1.82, 2.24) is 24.6 Å². The Morgan fingerprint density at radius 2 is 1.97 bits per heavy atom. The molecule has 0 radical (unpaired) electrons. The summed E-state index contributed by atoms with van der Waals surface area (Å²) >= 11 is 0. The fraction of sp³-hybridized carbons (Fsp3) is 0.286. The van der Waals surface area contributed by atoms with Gasteiger partial charge in [-0.25, -0.2) is 18.7 Å². The first-order chi connectivity index (χ1) is 14.1. The molecule has 4 N–H and O–H groups in total. The standard InChI is InChI=1S/C21H22F2N6O/c1-10-5-6-13(21(4,30)20(22)23)7-14(10)16-8-25-19-18(24)26-15(9-29(16)19)17-11(2)27-28-12(17)3/h5-9,20,30H,1-4H3,(H2,24,26)(H,27,28). The molecule has 0 bridgehead atoms. The van der Waals surface area contributed by atoms with Gasteiger partial charge in [-0.15, -0.1) is 0 Å². The van der Waals surface area contributed by atoms with Crippen molar-refractivity contribution in [2.75, 3.05) is 5.73 Å². The van der Waals surface area contributed by atoms with E-state index >= 15 is 0 Å². The van der Waals surface area contributed by atoms with Gasteiger partial charge in [0.2, 0.25) is 0 Å². The molecule has 3 aromatic heterocycles. The van der Waals surface area contributed by atoms with Gasteiger partial charge < -0.3 is 10.8 Å². The summed E-state index contributed by atoms with van der Waals surface area (Å²) in [5.41, 5.74) is 9.75. The number of hydrogen-bond donors (Lipinski definition) is 3. The first kappa shape index (κ1) is 20.0. The lowest BCUT2D eigenvalue weighted by Gasteiger charge is -2.23. The van der Waals surface area contributed by atoms with E-state index in [1.807, 2.05) is 20.8 Å². The van der Waals surface area contributed by atoms with Crippen molar-refractivity contribution in [1.29, 1.82) is 0 Å². The van der Waals surface area contributed by atoms with E-state index in [0.29, 0.717) is 22.6 Å². The molecule has 0 aliphatic heterocycles. The van der Waals surface area contributed by atoms with Gasteiger partial charge in [0, 0.05) is 23.0 Å². The topological polar surface area (TPSA) is 105 Å². The largest absolute Gasteiger partial charge is 0.381 e. The summed E-state index contributed by atoms with van der Waals surface area (Å²) < 4.78 is 28.5. The number of aromatic amines is 1. The lowest BCUT2D eigenvalue weighted by molar-refractivity contribution is -0.0883. The number of nitrogen functional groups attached to an aromatic ring is 1. The Hall–Kier alpha value is -3.33. The van der Waals surface area contributed by atoms with E-state index in [0.717, 1.165) is 29.4 Å². The molecule has 156 valence electrons. The van der Waals surface area contributed by atoms with Gasteiger partial charge in [-0.2, -0.15) is 5.10 Å². The van der Waals surface area contributed by atoms with Crippen molar-refractivity contribution >= 4 is 11.5 Å². The zero-order chi connectivity index (χ0) is 21.8. The number of fused-ring (bicyclic) bond motifs is 1. The predicted octanol–water partition coefficient (Wildman–Crippen LogP) is 3.77. The lowest BCUT2D eigenvalue weighted by Crippen LogP contribution is -2.30. The minimum atomic E-state index is -2.92. The molecule has 1 unspecified atom stereocenters. The molecule has 1 aromatic carbocycles. The summed E-state index contributed by atoms with van der Waals surface area (Å²) in [6.45, 7) is 6.73. The van der Waals surface area contributed by atoms with Crippen LogP contribution in [0, 0.1) is 20.8 Å². The van der Waals surface area contributed by atoms with Crippen LogP contribution in [-0.4, -0.2) is 36.1 Å². The minimum Gasteiger partial charge on any atom is -0.381 e. The Morgan fingerprint density at radius 3 is 2.60 bits per heavy atom. The van der Waals surface area contributed by atoms with Crippen LogP contribution in [-0.2, 0) is 5.60 Å². The Balaban J connectivity index is 1.95. The van der Waals surface area contributed by atoms with Gasteiger partial charge in [0.25, 0.3) is 6.43 Å². The number of imidazole rings is 1. The molecule has 9 heteroatoms. The van der Waals surface area contributed by atoms with Gasteiger partial charge in [-0.1, -0.05) is 12.1 Å². The van der Waals surface area contributed by atoms with Crippen molar-refractivity contribution < 1.29 is 13.9 Å². The van der Waals surface area contributed by atoms with E-state index in [-0.39, 0.29) is 11.4 Å². The minimum absolute atomic E-state index is 0.122. The Morgan fingerprint density at radius 1 is 1.23 bits per heavy atom. The van der Waals surface area contributed by atoms with Crippen molar-refractivity contribution in [3.05, 3.63) is 53.1 Å². The zero-order valence-corrected chi connectivity index (χ0v) is 17.0. The molecule has 3 heterocycles. The van der Waals surface area contributed by atoms with Gasteiger partial charge >= 0.3 is 0 Å². The molecule has 0 fully saturated rings. The maximum atomic E-state index is 13.4. The van der Waals surface area contributed by atoms with E-state index in [2.05, 4.69) is 20.2 Å². The van der Waals surface area contributed by atoms with Gasteiger partial charge in [0.1, 0.15) is 5.60 Å². The fourth-order valence-corrected chi connectivity index (χ4v) is 3.60. The number of aromatic nitrogens is 5. The molecular formula is C21H22F2N6O. The van der Waals surface area contributed by atoms with Crippen molar-refractivity contribution in [3.63, 3.8) is 0 Å². The lowest BCUT2D eigenvalue weighted by atomic mass is 9.92. The van der Waals surface area contributed by atoms with Crippen molar-refractivity contribution in [2.45, 2.75) is 39.7 Å². The van der Waals surface area contributed by atoms with Gasteiger partial charge in [-0.05, 0) is 44.9 Å². The number of hydrogen-bond acceptors (Lipinski definition) is 5. The van der Waals surface area contributed by atoms with Crippen molar-refractivity contribution in [3.8, 4) is 22.5 Å². The highest BCUT2D eigenvalue weighted by Crippen LogP contribution is 2.34. The monoisotopic (exact) mass is 412 g/mol. The second-order valence-corrected chi connectivity index (χ2v) is 7.64. The first-order valence-electron chi connectivity index (χ1n) is 9.38. The third-order valence-electron chi connectivity index (χ3n) is 5.43. The van der Waals surface area contributed by atoms with E-state index < -0.39 is 12.0 Å². The number of nitrogens with two attached hydrogens (primary N) is 1. The molecule has 0 spiro atoms. The zero-order valence-electron chi connectivity index (χ0n) is 17.0. The Bertz CT molecular complexity index is 1240. The first-order valence-corrected chi connectivity index (χ1v) is 9.38. The Labute approximate surface area is 171 Å². The third-order valence-corrected chi connectivity index (χ3v) is 5.43. The fourth-order valence-electron chi connectivity index (χ4n) is 3.60. The molecule has 0 aliphatic rings. The number of aliphatic hydroxyl groups is 1. The van der Waals surface area contributed by atoms with Gasteiger partial charge in [-0.3, -0.25) is 9.50 Å². The predicted molar refractivity (Wildman–Crippen MR) is 110 cm³/mol. The Kier molecular flexibility index (Phi) is 4.58. The number of alkyl halides is 2. The number of aryl methyl sites for hydroxylation is 3. The number of rotatable bonds is 4. The van der Waals surface area contributed by atoms with Gasteiger partial charge in [0.15, 0.2) is 11.5 Å². The molecule has 4 rings (SSSR count). The smallest absolute Gasteiger partial charge is 0.270 e. The summed E-state index contributed by atoms with van der Waals surface area (Å²) in [6.07, 6.45) is 0.500. The highest BCUT2D eigenvalue weighted by atomic mass is 19.3. The van der Waals surface area contributed by atoms with Crippen LogP contribution < -0.4 is 5.73 Å². The van der Waals surface area contributed by atoms with E-state index in [9.17, 15) is 13.9 Å². The SMILES string of the molecule is Cc1ccc(C(C)(O)C(F)F)cc1-c1cnc2c(N)nc(-c3c(C)n[nH]c3C)cn12. The van der Waals surface area contributed by atoms with Crippen molar-refractivity contribution in [2.24, 2.45) is 0 Å². The highest BCUT2D eigenvalue weighted by molar-refractivity contribution is 5.75. The number of nitrogens with one attached hydrogen (secondary N) is 1. The van der Waals surface area contributed by atoms with E-state index in [1.165, 1.54) is 6.07 Å². The van der Waals surface area contributed by atoms with Crippen LogP contribution in [0.1, 0.15) is 29.4 Å². The van der Waals surface area contributed by atoms with Gasteiger partial charge in [0.05, 0.1) is 23.3 Å². The van der Waals surface area contributed by atoms with Crippen LogP contribution in [0.15, 0.2) is 30.6 Å². The maximum absolute atomic E-state index is 13.4. The maximum Gasteiger partial charge on any atom is 0.270 e. The second kappa shape index (κ2) is 6.88. The number of nitrogens with zero attached hydrogens (tertiary/aromatic N) is 4. The summed E-state index contributed by atoms with van der Waals surface area (Å²) in [6, 6.07) is 4.78. The molecule has 0 aliphatic carbocycles. The number of H-pyrrole nitrogens is 1. The molecular weight excluding hydrogens is 390 g/mol. The molecule has 4 aromatic rings. The molecule has 1 atom stereocenters. The van der Waals surface area contributed by atoms with Crippen LogP contribution in [0.2, 0.25) is 0 Å². The highest BCUT2D eigenvalue weighted by Gasteiger charge is 2.34. The number of benzene rings is 1. The second-order valence-electron chi connectivity index (χ2n) is 7.64. The quantitative estimate of drug-likeness (QED) is 0.473. The van der Waals surface area contributed by atoms with Crippen LogP contribution in [0.3, 0.4) is 0 Å². The molecule has 0 saturated carbocycles. The molecule has 30 heavy (non-hydrogen) atoms. The summed E-state index contributed by atoms with van der Waals surface area (Å²) in [7, 11) is 0. The van der Waals surface area contributed by atoms with Crippen LogP contribution >= 0.6 is 0 Å². The summed E-state index contributed by atoms with van der Waals surface area (Å²) in [5, 5.41) is 17.4. The summed E-state index contributed by atoms with van der Waals surface area (Å²) in [5.74, 6) is 0.243. The molecule has 0 saturated heterocycles. The van der Waals surface area contributed by atoms with E-state index in [1.54, 1.807) is 28.9 Å². The third kappa shape index (κ3) is 3.02. The molecule has 0 amide bonds. The van der Waals surface area contributed by atoms with Crippen LogP contribution in [0.25, 0.3) is 28.2 Å². The number of anilines is 1. The number of halogens is 2. The molecule has 7 nitrogen and oxygen atoms in total. The average Bonchev–Trinajstić information content (AvgIpc) is 3.25. The van der Waals surface area contributed by atoms with Crippen LogP contribution in [0.4, 0.5) is 14.6 Å².